The van der Waals surface area contributed by atoms with Gasteiger partial charge in [-0.3, -0.25) is 4.79 Å². The van der Waals surface area contributed by atoms with E-state index in [1.807, 2.05) is 20.0 Å². The molecule has 5 heteroatoms. The van der Waals surface area contributed by atoms with Gasteiger partial charge in [-0.25, -0.2) is 0 Å². The second kappa shape index (κ2) is 5.70. The van der Waals surface area contributed by atoms with Crippen molar-refractivity contribution in [1.29, 1.82) is 0 Å². The number of rotatable bonds is 3. The van der Waals surface area contributed by atoms with Crippen LogP contribution in [0.5, 0.6) is 0 Å². The molecule has 1 atom stereocenters. The van der Waals surface area contributed by atoms with Crippen molar-refractivity contribution in [2.24, 2.45) is 5.41 Å². The lowest BCUT2D eigenvalue weighted by atomic mass is 9.88. The van der Waals surface area contributed by atoms with Crippen LogP contribution in [0.4, 0.5) is 0 Å². The second-order valence-corrected chi connectivity index (χ2v) is 6.23. The van der Waals surface area contributed by atoms with Crippen molar-refractivity contribution in [1.82, 2.24) is 10.2 Å². The lowest BCUT2D eigenvalue weighted by Gasteiger charge is -2.28. The van der Waals surface area contributed by atoms with Crippen LogP contribution in [-0.4, -0.2) is 30.9 Å². The van der Waals surface area contributed by atoms with Gasteiger partial charge in [0.25, 0.3) is 0 Å². The summed E-state index contributed by atoms with van der Waals surface area (Å²) in [6.07, 6.45) is 0.879. The zero-order valence-corrected chi connectivity index (χ0v) is 12.7. The van der Waals surface area contributed by atoms with Gasteiger partial charge in [0.2, 0.25) is 5.91 Å². The van der Waals surface area contributed by atoms with Crippen LogP contribution in [0, 0.1) is 5.41 Å². The molecule has 1 aromatic rings. The molecule has 2 rings (SSSR count). The maximum atomic E-state index is 12.5. The Bertz CT molecular complexity index is 484. The average Bonchev–Trinajstić information content (AvgIpc) is 2.80. The molecular formula is C14H18Cl2N2O. The number of nitrogens with one attached hydrogen (secondary N) is 1. The molecule has 19 heavy (non-hydrogen) atoms. The number of hydrogen-bond acceptors (Lipinski definition) is 2. The first-order valence-electron chi connectivity index (χ1n) is 6.32. The number of carbonyl (C=O) groups excluding carboxylic acids is 1. The lowest BCUT2D eigenvalue weighted by Crippen LogP contribution is -2.41. The molecule has 0 saturated carbocycles. The standard InChI is InChI=1S/C14H18Cl2N2O/c1-14(5-6-17-9-14)13(19)18(2)8-10-3-4-11(15)7-12(10)16/h3-4,7,17H,5-6,8-9H2,1-2H3. The smallest absolute Gasteiger partial charge is 0.229 e. The molecule has 0 radical (unpaired) electrons. The Kier molecular flexibility index (Phi) is 4.39. The van der Waals surface area contributed by atoms with Gasteiger partial charge >= 0.3 is 0 Å². The van der Waals surface area contributed by atoms with Crippen molar-refractivity contribution >= 4 is 29.1 Å². The van der Waals surface area contributed by atoms with E-state index in [1.165, 1.54) is 0 Å². The predicted octanol–water partition coefficient (Wildman–Crippen LogP) is 2.95. The van der Waals surface area contributed by atoms with Crippen LogP contribution < -0.4 is 5.32 Å². The van der Waals surface area contributed by atoms with Crippen molar-refractivity contribution in [3.63, 3.8) is 0 Å². The summed E-state index contributed by atoms with van der Waals surface area (Å²) >= 11 is 12.0. The number of halogens is 2. The summed E-state index contributed by atoms with van der Waals surface area (Å²) in [6, 6.07) is 5.36. The van der Waals surface area contributed by atoms with E-state index in [0.717, 1.165) is 25.1 Å². The van der Waals surface area contributed by atoms with Crippen molar-refractivity contribution in [2.45, 2.75) is 19.9 Å². The van der Waals surface area contributed by atoms with Gasteiger partial charge in [0.15, 0.2) is 0 Å². The van der Waals surface area contributed by atoms with Crippen LogP contribution >= 0.6 is 23.2 Å². The second-order valence-electron chi connectivity index (χ2n) is 5.38. The zero-order chi connectivity index (χ0) is 14.0. The number of amides is 1. The van der Waals surface area contributed by atoms with Crippen molar-refractivity contribution in [3.8, 4) is 0 Å². The highest BCUT2D eigenvalue weighted by Crippen LogP contribution is 2.28. The van der Waals surface area contributed by atoms with Crippen LogP contribution in [-0.2, 0) is 11.3 Å². The van der Waals surface area contributed by atoms with Crippen LogP contribution in [0.15, 0.2) is 18.2 Å². The van der Waals surface area contributed by atoms with Crippen LogP contribution in [0.3, 0.4) is 0 Å². The van der Waals surface area contributed by atoms with Gasteiger partial charge in [0.05, 0.1) is 5.41 Å². The fourth-order valence-electron chi connectivity index (χ4n) is 2.44. The third-order valence-corrected chi connectivity index (χ3v) is 4.24. The maximum absolute atomic E-state index is 12.5. The van der Waals surface area contributed by atoms with Crippen molar-refractivity contribution < 1.29 is 4.79 Å². The molecule has 0 aliphatic carbocycles. The molecular weight excluding hydrogens is 283 g/mol. The number of benzene rings is 1. The van der Waals surface area contributed by atoms with Gasteiger partial charge in [0.1, 0.15) is 0 Å². The van der Waals surface area contributed by atoms with Crippen molar-refractivity contribution in [3.05, 3.63) is 33.8 Å². The van der Waals surface area contributed by atoms with E-state index in [1.54, 1.807) is 17.0 Å². The monoisotopic (exact) mass is 300 g/mol. The third kappa shape index (κ3) is 3.22. The fourth-order valence-corrected chi connectivity index (χ4v) is 2.91. The lowest BCUT2D eigenvalue weighted by molar-refractivity contribution is -0.139. The van der Waals surface area contributed by atoms with E-state index < -0.39 is 0 Å². The Morgan fingerprint density at radius 2 is 2.21 bits per heavy atom. The Hall–Kier alpha value is -0.770. The molecule has 3 nitrogen and oxygen atoms in total. The number of carbonyl (C=O) groups is 1. The summed E-state index contributed by atoms with van der Waals surface area (Å²) in [5, 5.41) is 4.45. The molecule has 1 aliphatic heterocycles. The third-order valence-electron chi connectivity index (χ3n) is 3.65. The van der Waals surface area contributed by atoms with E-state index in [0.29, 0.717) is 16.6 Å². The van der Waals surface area contributed by atoms with Gasteiger partial charge in [-0.15, -0.1) is 0 Å². The first-order chi connectivity index (χ1) is 8.92. The molecule has 1 heterocycles. The fraction of sp³-hybridized carbons (Fsp3) is 0.500. The zero-order valence-electron chi connectivity index (χ0n) is 11.2. The van der Waals surface area contributed by atoms with Gasteiger partial charge in [-0.1, -0.05) is 29.3 Å². The van der Waals surface area contributed by atoms with Crippen LogP contribution in [0.2, 0.25) is 10.0 Å². The highest BCUT2D eigenvalue weighted by Gasteiger charge is 2.38. The van der Waals surface area contributed by atoms with E-state index in [4.69, 9.17) is 23.2 Å². The molecule has 1 aromatic carbocycles. The summed E-state index contributed by atoms with van der Waals surface area (Å²) < 4.78 is 0. The molecule has 0 bridgehead atoms. The molecule has 1 unspecified atom stereocenters. The summed E-state index contributed by atoms with van der Waals surface area (Å²) in [6.45, 7) is 4.15. The SMILES string of the molecule is CN(Cc1ccc(Cl)cc1Cl)C(=O)C1(C)CCNC1. The first kappa shape index (κ1) is 14.6. The molecule has 1 amide bonds. The van der Waals surface area contributed by atoms with Crippen LogP contribution in [0.25, 0.3) is 0 Å². The topological polar surface area (TPSA) is 32.3 Å². The van der Waals surface area contributed by atoms with Gasteiger partial charge in [-0.2, -0.15) is 0 Å². The minimum Gasteiger partial charge on any atom is -0.341 e. The van der Waals surface area contributed by atoms with E-state index in [-0.39, 0.29) is 11.3 Å². The molecule has 104 valence electrons. The molecule has 0 aromatic heterocycles. The summed E-state index contributed by atoms with van der Waals surface area (Å²) in [7, 11) is 1.82. The van der Waals surface area contributed by atoms with E-state index >= 15 is 0 Å². The molecule has 1 aliphatic rings. The Balaban J connectivity index is 2.08. The molecule has 1 N–H and O–H groups in total. The summed E-state index contributed by atoms with van der Waals surface area (Å²) in [5.41, 5.74) is 0.615. The Morgan fingerprint density at radius 3 is 2.79 bits per heavy atom. The predicted molar refractivity (Wildman–Crippen MR) is 78.5 cm³/mol. The van der Waals surface area contributed by atoms with Gasteiger partial charge in [0, 0.05) is 30.2 Å². The maximum Gasteiger partial charge on any atom is 0.229 e. The summed E-state index contributed by atoms with van der Waals surface area (Å²) in [5.74, 6) is 0.156. The number of hydrogen-bond donors (Lipinski definition) is 1. The van der Waals surface area contributed by atoms with Crippen molar-refractivity contribution in [2.75, 3.05) is 20.1 Å². The highest BCUT2D eigenvalue weighted by atomic mass is 35.5. The average molecular weight is 301 g/mol. The minimum absolute atomic E-state index is 0.156. The van der Waals surface area contributed by atoms with Gasteiger partial charge in [-0.05, 0) is 37.6 Å². The van der Waals surface area contributed by atoms with Gasteiger partial charge < -0.3 is 10.2 Å². The molecule has 1 saturated heterocycles. The first-order valence-corrected chi connectivity index (χ1v) is 7.08. The largest absolute Gasteiger partial charge is 0.341 e. The molecule has 1 fully saturated rings. The van der Waals surface area contributed by atoms with E-state index in [9.17, 15) is 4.79 Å². The number of nitrogens with zero attached hydrogens (tertiary/aromatic N) is 1. The van der Waals surface area contributed by atoms with Crippen LogP contribution in [0.1, 0.15) is 18.9 Å². The quantitative estimate of drug-likeness (QED) is 0.931. The Morgan fingerprint density at radius 1 is 1.47 bits per heavy atom. The Labute approximate surface area is 123 Å². The normalized spacial score (nSPS) is 22.5. The summed E-state index contributed by atoms with van der Waals surface area (Å²) in [4.78, 5) is 14.2. The highest BCUT2D eigenvalue weighted by molar-refractivity contribution is 6.35. The minimum atomic E-state index is -0.298. The van der Waals surface area contributed by atoms with E-state index in [2.05, 4.69) is 5.32 Å². The molecule has 0 spiro atoms.